The van der Waals surface area contributed by atoms with Crippen LogP contribution in [0.1, 0.15) is 12.1 Å². The molecule has 1 atom stereocenters. The first-order valence-corrected chi connectivity index (χ1v) is 6.31. The van der Waals surface area contributed by atoms with Gasteiger partial charge in [0.15, 0.2) is 0 Å². The van der Waals surface area contributed by atoms with Gasteiger partial charge in [0.2, 0.25) is 0 Å². The number of aromatic nitrogens is 2. The quantitative estimate of drug-likeness (QED) is 0.836. The third kappa shape index (κ3) is 2.69. The van der Waals surface area contributed by atoms with E-state index in [2.05, 4.69) is 19.8 Å². The van der Waals surface area contributed by atoms with Crippen molar-refractivity contribution in [2.45, 2.75) is 13.0 Å². The summed E-state index contributed by atoms with van der Waals surface area (Å²) in [5.74, 6) is 0.676. The number of nitrogens with one attached hydrogen (secondary N) is 1. The van der Waals surface area contributed by atoms with E-state index in [4.69, 9.17) is 4.74 Å². The molecule has 5 nitrogen and oxygen atoms in total. The van der Waals surface area contributed by atoms with Crippen molar-refractivity contribution >= 4 is 16.5 Å². The summed E-state index contributed by atoms with van der Waals surface area (Å²) in [5.41, 5.74) is 1.06. The fraction of sp³-hybridized carbons (Fsp3) is 0.800. The minimum Gasteiger partial charge on any atom is -0.384 e. The summed E-state index contributed by atoms with van der Waals surface area (Å²) in [6.45, 7) is 4.00. The van der Waals surface area contributed by atoms with Gasteiger partial charge in [-0.05, 0) is 18.9 Å². The predicted molar refractivity (Wildman–Crippen MR) is 64.7 cm³/mol. The molecule has 2 heterocycles. The van der Waals surface area contributed by atoms with Gasteiger partial charge < -0.3 is 10.1 Å². The fourth-order valence-electron chi connectivity index (χ4n) is 2.14. The lowest BCUT2D eigenvalue weighted by molar-refractivity contribution is 0.152. The number of methoxy groups -OCH3 is 1. The monoisotopic (exact) mass is 242 g/mol. The van der Waals surface area contributed by atoms with Crippen LogP contribution in [0.4, 0.5) is 5.00 Å². The van der Waals surface area contributed by atoms with E-state index < -0.39 is 0 Å². The van der Waals surface area contributed by atoms with Crippen molar-refractivity contribution in [2.75, 3.05) is 39.2 Å². The first-order valence-electron chi connectivity index (χ1n) is 5.53. The van der Waals surface area contributed by atoms with E-state index in [0.29, 0.717) is 5.92 Å². The van der Waals surface area contributed by atoms with Gasteiger partial charge in [0.05, 0.1) is 6.61 Å². The van der Waals surface area contributed by atoms with Gasteiger partial charge in [0.1, 0.15) is 10.7 Å². The fourth-order valence-corrected chi connectivity index (χ4v) is 2.67. The predicted octanol–water partition coefficient (Wildman–Crippen LogP) is 1.05. The Labute approximate surface area is 100.0 Å². The Hall–Kier alpha value is -0.720. The average Bonchev–Trinajstić information content (AvgIpc) is 2.89. The molecule has 1 aliphatic rings. The second kappa shape index (κ2) is 5.56. The van der Waals surface area contributed by atoms with E-state index in [1.165, 1.54) is 18.0 Å². The number of ether oxygens (including phenoxy) is 1. The minimum absolute atomic E-state index is 0.676. The Bertz CT molecular complexity index is 330. The molecule has 1 aromatic heterocycles. The van der Waals surface area contributed by atoms with Crippen LogP contribution < -0.4 is 5.32 Å². The van der Waals surface area contributed by atoms with Crippen molar-refractivity contribution in [2.24, 2.45) is 5.92 Å². The first kappa shape index (κ1) is 11.8. The van der Waals surface area contributed by atoms with Crippen LogP contribution in [0, 0.1) is 5.92 Å². The SMILES string of the molecule is CNc1snnc1CN1CCC(COC)C1. The second-order valence-electron chi connectivity index (χ2n) is 4.14. The maximum Gasteiger partial charge on any atom is 0.134 e. The molecule has 0 aliphatic carbocycles. The first-order chi connectivity index (χ1) is 7.83. The van der Waals surface area contributed by atoms with E-state index in [9.17, 15) is 0 Å². The molecule has 90 valence electrons. The van der Waals surface area contributed by atoms with Crippen molar-refractivity contribution in [3.05, 3.63) is 5.69 Å². The Morgan fingerprint density at radius 1 is 1.62 bits per heavy atom. The molecular weight excluding hydrogens is 224 g/mol. The largest absolute Gasteiger partial charge is 0.384 e. The van der Waals surface area contributed by atoms with Gasteiger partial charge in [-0.15, -0.1) is 5.10 Å². The second-order valence-corrected chi connectivity index (χ2v) is 4.90. The van der Waals surface area contributed by atoms with Crippen LogP contribution in [0.3, 0.4) is 0 Å². The maximum atomic E-state index is 5.19. The summed E-state index contributed by atoms with van der Waals surface area (Å²) < 4.78 is 9.16. The molecule has 0 amide bonds. The number of hydrogen-bond acceptors (Lipinski definition) is 6. The smallest absolute Gasteiger partial charge is 0.134 e. The molecular formula is C10H18N4OS. The van der Waals surface area contributed by atoms with Crippen LogP contribution in [0.2, 0.25) is 0 Å². The molecule has 0 spiro atoms. The van der Waals surface area contributed by atoms with Crippen LogP contribution in [-0.2, 0) is 11.3 Å². The van der Waals surface area contributed by atoms with E-state index in [-0.39, 0.29) is 0 Å². The lowest BCUT2D eigenvalue weighted by atomic mass is 10.1. The Morgan fingerprint density at radius 2 is 2.50 bits per heavy atom. The molecule has 1 saturated heterocycles. The molecule has 0 bridgehead atoms. The lowest BCUT2D eigenvalue weighted by Crippen LogP contribution is -2.22. The molecule has 2 rings (SSSR count). The maximum absolute atomic E-state index is 5.19. The number of likely N-dealkylation sites (tertiary alicyclic amines) is 1. The van der Waals surface area contributed by atoms with Gasteiger partial charge >= 0.3 is 0 Å². The summed E-state index contributed by atoms with van der Waals surface area (Å²) in [5, 5.41) is 8.36. The zero-order chi connectivity index (χ0) is 11.4. The number of rotatable bonds is 5. The summed E-state index contributed by atoms with van der Waals surface area (Å²) in [4.78, 5) is 2.42. The van der Waals surface area contributed by atoms with E-state index in [1.54, 1.807) is 7.11 Å². The van der Waals surface area contributed by atoms with Crippen LogP contribution in [-0.4, -0.2) is 48.3 Å². The average molecular weight is 242 g/mol. The number of hydrogen-bond donors (Lipinski definition) is 1. The van der Waals surface area contributed by atoms with Crippen molar-refractivity contribution in [3.63, 3.8) is 0 Å². The number of anilines is 1. The molecule has 1 unspecified atom stereocenters. The molecule has 0 radical (unpaired) electrons. The summed E-state index contributed by atoms with van der Waals surface area (Å²) in [6, 6.07) is 0. The highest BCUT2D eigenvalue weighted by molar-refractivity contribution is 7.10. The van der Waals surface area contributed by atoms with Gasteiger partial charge in [0, 0.05) is 38.8 Å². The molecule has 1 fully saturated rings. The van der Waals surface area contributed by atoms with Crippen molar-refractivity contribution in [1.29, 1.82) is 0 Å². The Balaban J connectivity index is 1.87. The molecule has 0 aromatic carbocycles. The van der Waals surface area contributed by atoms with Gasteiger partial charge in [0.25, 0.3) is 0 Å². The molecule has 0 saturated carbocycles. The highest BCUT2D eigenvalue weighted by Gasteiger charge is 2.23. The highest BCUT2D eigenvalue weighted by Crippen LogP contribution is 2.22. The number of nitrogens with zero attached hydrogens (tertiary/aromatic N) is 3. The van der Waals surface area contributed by atoms with Gasteiger partial charge in [-0.2, -0.15) is 0 Å². The van der Waals surface area contributed by atoms with Crippen molar-refractivity contribution < 1.29 is 4.74 Å². The van der Waals surface area contributed by atoms with E-state index in [1.807, 2.05) is 7.05 Å². The zero-order valence-electron chi connectivity index (χ0n) is 9.77. The third-order valence-corrected chi connectivity index (χ3v) is 3.71. The lowest BCUT2D eigenvalue weighted by Gasteiger charge is -2.14. The van der Waals surface area contributed by atoms with Crippen LogP contribution in [0.15, 0.2) is 0 Å². The Morgan fingerprint density at radius 3 is 3.25 bits per heavy atom. The summed E-state index contributed by atoms with van der Waals surface area (Å²) in [6.07, 6.45) is 1.22. The molecule has 16 heavy (non-hydrogen) atoms. The molecule has 6 heteroatoms. The topological polar surface area (TPSA) is 50.3 Å². The van der Waals surface area contributed by atoms with Gasteiger partial charge in [-0.3, -0.25) is 4.90 Å². The van der Waals surface area contributed by atoms with Gasteiger partial charge in [-0.25, -0.2) is 0 Å². The van der Waals surface area contributed by atoms with Crippen LogP contribution in [0.5, 0.6) is 0 Å². The van der Waals surface area contributed by atoms with Crippen molar-refractivity contribution in [3.8, 4) is 0 Å². The molecule has 1 aliphatic heterocycles. The Kier molecular flexibility index (Phi) is 4.09. The highest BCUT2D eigenvalue weighted by atomic mass is 32.1. The van der Waals surface area contributed by atoms with Crippen LogP contribution >= 0.6 is 11.5 Å². The minimum atomic E-state index is 0.676. The van der Waals surface area contributed by atoms with E-state index >= 15 is 0 Å². The standard InChI is InChI=1S/C10H18N4OS/c1-11-10-9(12-13-16-10)6-14-4-3-8(5-14)7-15-2/h8,11H,3-7H2,1-2H3. The van der Waals surface area contributed by atoms with Gasteiger partial charge in [-0.1, -0.05) is 4.49 Å². The van der Waals surface area contributed by atoms with Crippen molar-refractivity contribution in [1.82, 2.24) is 14.5 Å². The normalized spacial score (nSPS) is 21.5. The zero-order valence-corrected chi connectivity index (χ0v) is 10.6. The van der Waals surface area contributed by atoms with E-state index in [0.717, 1.165) is 36.9 Å². The summed E-state index contributed by atoms with van der Waals surface area (Å²) in [7, 11) is 3.68. The van der Waals surface area contributed by atoms with Crippen LogP contribution in [0.25, 0.3) is 0 Å². The molecule has 1 aromatic rings. The summed E-state index contributed by atoms with van der Waals surface area (Å²) >= 11 is 1.42. The molecule has 1 N–H and O–H groups in total. The third-order valence-electron chi connectivity index (χ3n) is 2.93.